The smallest absolute Gasteiger partial charge is 0.276 e. The monoisotopic (exact) mass is 444 g/mol. The maximum Gasteiger partial charge on any atom is 0.276 e. The van der Waals surface area contributed by atoms with Crippen LogP contribution in [0, 0.1) is 11.7 Å². The summed E-state index contributed by atoms with van der Waals surface area (Å²) in [7, 11) is 0. The van der Waals surface area contributed by atoms with Crippen molar-refractivity contribution in [1.82, 2.24) is 35.7 Å². The van der Waals surface area contributed by atoms with Crippen LogP contribution in [0.3, 0.4) is 0 Å². The van der Waals surface area contributed by atoms with Gasteiger partial charge in [0, 0.05) is 49.9 Å². The fraction of sp³-hybridized carbons (Fsp3) is 0.476. The first-order valence-electron chi connectivity index (χ1n) is 10.6. The van der Waals surface area contributed by atoms with E-state index in [9.17, 15) is 8.78 Å². The first-order chi connectivity index (χ1) is 15.4. The highest BCUT2D eigenvalue weighted by molar-refractivity contribution is 5.76. The number of piperazine rings is 1. The number of nitrogens with zero attached hydrogens (tertiary/aromatic N) is 7. The molecular formula is C21H23F3N8. The van der Waals surface area contributed by atoms with Gasteiger partial charge in [0.1, 0.15) is 5.82 Å². The topological polar surface area (TPSA) is 86.7 Å². The van der Waals surface area contributed by atoms with Crippen LogP contribution in [0.4, 0.5) is 18.9 Å². The lowest BCUT2D eigenvalue weighted by molar-refractivity contribution is -0.0287. The van der Waals surface area contributed by atoms with Crippen LogP contribution in [0.5, 0.6) is 0 Å². The van der Waals surface area contributed by atoms with Gasteiger partial charge in [-0.1, -0.05) is 0 Å². The summed E-state index contributed by atoms with van der Waals surface area (Å²) in [6.07, 6.45) is 2.53. The lowest BCUT2D eigenvalue weighted by atomic mass is 9.98. The molecule has 2 aromatic heterocycles. The van der Waals surface area contributed by atoms with Gasteiger partial charge < -0.3 is 4.90 Å². The van der Waals surface area contributed by atoms with Gasteiger partial charge in [-0.15, -0.1) is 10.2 Å². The minimum Gasteiger partial charge on any atom is -0.368 e. The van der Waals surface area contributed by atoms with E-state index in [0.29, 0.717) is 44.7 Å². The molecular weight excluding hydrogens is 421 g/mol. The summed E-state index contributed by atoms with van der Waals surface area (Å²) in [4.78, 5) is 4.17. The Kier molecular flexibility index (Phi) is 5.28. The van der Waals surface area contributed by atoms with Crippen molar-refractivity contribution < 1.29 is 13.2 Å². The first kappa shape index (κ1) is 20.8. The number of tetrazole rings is 1. The van der Waals surface area contributed by atoms with Crippen LogP contribution in [-0.4, -0.2) is 61.4 Å². The average Bonchev–Trinajstić information content (AvgIpc) is 3.52. The van der Waals surface area contributed by atoms with Crippen molar-refractivity contribution >= 4 is 5.69 Å². The number of hydrogen-bond acceptors (Lipinski definition) is 7. The van der Waals surface area contributed by atoms with Gasteiger partial charge in [0.2, 0.25) is 5.82 Å². The Morgan fingerprint density at radius 1 is 1.19 bits per heavy atom. The number of benzene rings is 1. The molecule has 0 spiro atoms. The molecule has 32 heavy (non-hydrogen) atoms. The normalized spacial score (nSPS) is 20.0. The van der Waals surface area contributed by atoms with Crippen molar-refractivity contribution in [3.63, 3.8) is 0 Å². The van der Waals surface area contributed by atoms with E-state index in [1.165, 1.54) is 6.07 Å². The summed E-state index contributed by atoms with van der Waals surface area (Å²) in [5.41, 5.74) is 1.02. The molecule has 0 unspecified atom stereocenters. The van der Waals surface area contributed by atoms with Gasteiger partial charge in [-0.05, 0) is 49.2 Å². The molecule has 8 nitrogen and oxygen atoms in total. The summed E-state index contributed by atoms with van der Waals surface area (Å²) >= 11 is 0. The number of rotatable bonds is 6. The molecule has 1 saturated carbocycles. The lowest BCUT2D eigenvalue weighted by Gasteiger charge is -2.41. The zero-order valence-corrected chi connectivity index (χ0v) is 17.5. The molecule has 1 saturated heterocycles. The Bertz CT molecular complexity index is 1070. The van der Waals surface area contributed by atoms with Crippen LogP contribution in [-0.2, 0) is 12.5 Å². The number of hydrogen-bond donors (Lipinski definition) is 1. The fourth-order valence-electron chi connectivity index (χ4n) is 4.28. The molecule has 1 atom stereocenters. The molecule has 11 heteroatoms. The Hall–Kier alpha value is -3.08. The molecule has 1 N–H and O–H groups in total. The van der Waals surface area contributed by atoms with Crippen molar-refractivity contribution in [3.8, 4) is 11.4 Å². The van der Waals surface area contributed by atoms with Gasteiger partial charge >= 0.3 is 0 Å². The first-order valence-corrected chi connectivity index (χ1v) is 10.6. The third-order valence-corrected chi connectivity index (χ3v) is 6.21. The highest BCUT2D eigenvalue weighted by atomic mass is 19.3. The van der Waals surface area contributed by atoms with Crippen LogP contribution < -0.4 is 4.90 Å². The van der Waals surface area contributed by atoms with E-state index < -0.39 is 17.7 Å². The quantitative estimate of drug-likeness (QED) is 0.625. The van der Waals surface area contributed by atoms with Gasteiger partial charge in [-0.3, -0.25) is 4.90 Å². The summed E-state index contributed by atoms with van der Waals surface area (Å²) < 4.78 is 44.9. The predicted molar refractivity (Wildman–Crippen MR) is 110 cm³/mol. The van der Waals surface area contributed by atoms with E-state index in [0.717, 1.165) is 11.8 Å². The number of anilines is 1. The van der Waals surface area contributed by atoms with Gasteiger partial charge in [-0.25, -0.2) is 13.2 Å². The van der Waals surface area contributed by atoms with Crippen molar-refractivity contribution in [2.24, 2.45) is 5.92 Å². The molecule has 3 heterocycles. The highest BCUT2D eigenvalue weighted by Gasteiger charge is 2.48. The van der Waals surface area contributed by atoms with Crippen molar-refractivity contribution in [2.75, 3.05) is 24.5 Å². The van der Waals surface area contributed by atoms with E-state index in [2.05, 4.69) is 42.6 Å². The number of nitrogens with one attached hydrogen (secondary N) is 1. The highest BCUT2D eigenvalue weighted by Crippen LogP contribution is 2.51. The third-order valence-electron chi connectivity index (χ3n) is 6.21. The zero-order chi connectivity index (χ0) is 22.3. The SMILES string of the molecule is C[C@H]1CN(c2cc(C(F)(F)C3CC3)cc(F)c2-c2nn[nH]n2)CCN1Cc1cccnn1. The van der Waals surface area contributed by atoms with Crippen molar-refractivity contribution in [3.05, 3.63) is 47.5 Å². The standard InChI is InChI=1S/C21H23F3N8/c1-13-11-32(8-7-31(13)12-16-3-2-6-25-26-16)18-10-15(21(23,24)14-4-5-14)9-17(22)19(18)20-27-29-30-28-20/h2-3,6,9-10,13-14H,4-5,7-8,11-12H2,1H3,(H,27,28,29,30)/t13-/m0/s1. The van der Waals surface area contributed by atoms with Gasteiger partial charge in [0.25, 0.3) is 5.92 Å². The van der Waals surface area contributed by atoms with E-state index in [1.54, 1.807) is 6.20 Å². The minimum atomic E-state index is -3.06. The van der Waals surface area contributed by atoms with Gasteiger partial charge in [0.15, 0.2) is 0 Å². The lowest BCUT2D eigenvalue weighted by Crippen LogP contribution is -2.51. The molecule has 0 bridgehead atoms. The molecule has 1 aliphatic carbocycles. The molecule has 2 aliphatic rings. The van der Waals surface area contributed by atoms with Crippen LogP contribution >= 0.6 is 0 Å². The second kappa shape index (κ2) is 8.12. The number of aromatic nitrogens is 6. The molecule has 0 radical (unpaired) electrons. The van der Waals surface area contributed by atoms with Crippen molar-refractivity contribution in [2.45, 2.75) is 38.3 Å². The Labute approximate surface area is 182 Å². The van der Waals surface area contributed by atoms with Gasteiger partial charge in [0.05, 0.1) is 16.9 Å². The molecule has 168 valence electrons. The molecule has 2 fully saturated rings. The second-order valence-corrected chi connectivity index (χ2v) is 8.47. The molecule has 0 amide bonds. The van der Waals surface area contributed by atoms with Crippen LogP contribution in [0.1, 0.15) is 31.0 Å². The molecule has 3 aromatic rings. The Morgan fingerprint density at radius 2 is 2.03 bits per heavy atom. The maximum atomic E-state index is 15.2. The van der Waals surface area contributed by atoms with Gasteiger partial charge in [-0.2, -0.15) is 15.4 Å². The van der Waals surface area contributed by atoms with E-state index in [4.69, 9.17) is 0 Å². The van der Waals surface area contributed by atoms with Crippen LogP contribution in [0.2, 0.25) is 0 Å². The summed E-state index contributed by atoms with van der Waals surface area (Å²) in [6.45, 7) is 4.41. The number of halogens is 3. The Morgan fingerprint density at radius 3 is 2.69 bits per heavy atom. The summed E-state index contributed by atoms with van der Waals surface area (Å²) in [5.74, 6) is -4.51. The predicted octanol–water partition coefficient (Wildman–Crippen LogP) is 3.01. The van der Waals surface area contributed by atoms with E-state index in [-0.39, 0.29) is 23.0 Å². The number of aromatic amines is 1. The van der Waals surface area contributed by atoms with E-state index in [1.807, 2.05) is 17.0 Å². The number of alkyl halides is 2. The van der Waals surface area contributed by atoms with Crippen LogP contribution in [0.25, 0.3) is 11.4 Å². The maximum absolute atomic E-state index is 15.2. The van der Waals surface area contributed by atoms with Crippen LogP contribution in [0.15, 0.2) is 30.5 Å². The fourth-order valence-corrected chi connectivity index (χ4v) is 4.28. The Balaban J connectivity index is 1.46. The van der Waals surface area contributed by atoms with Crippen molar-refractivity contribution in [1.29, 1.82) is 0 Å². The summed E-state index contributed by atoms with van der Waals surface area (Å²) in [5, 5.41) is 21.7. The molecule has 1 aliphatic heterocycles. The summed E-state index contributed by atoms with van der Waals surface area (Å²) in [6, 6.07) is 6.16. The van der Waals surface area contributed by atoms with E-state index >= 15 is 4.39 Å². The second-order valence-electron chi connectivity index (χ2n) is 8.47. The third kappa shape index (κ3) is 3.92. The molecule has 1 aromatic carbocycles. The zero-order valence-electron chi connectivity index (χ0n) is 17.5. The largest absolute Gasteiger partial charge is 0.368 e. The minimum absolute atomic E-state index is 0.0495. The average molecular weight is 444 g/mol. The molecule has 5 rings (SSSR count). The number of H-pyrrole nitrogens is 1.